The predicted octanol–water partition coefficient (Wildman–Crippen LogP) is 2.11. The summed E-state index contributed by atoms with van der Waals surface area (Å²) in [5.74, 6) is -0.281. The van der Waals surface area contributed by atoms with E-state index in [1.165, 1.54) is 7.11 Å². The van der Waals surface area contributed by atoms with Crippen LogP contribution in [0.4, 0.5) is 11.4 Å². The minimum Gasteiger partial charge on any atom is -0.465 e. The zero-order valence-electron chi connectivity index (χ0n) is 10.5. The summed E-state index contributed by atoms with van der Waals surface area (Å²) in [7, 11) is 1.41. The van der Waals surface area contributed by atoms with Crippen LogP contribution in [0.15, 0.2) is 18.2 Å². The van der Waals surface area contributed by atoms with Crippen LogP contribution in [0.5, 0.6) is 0 Å². The minimum atomic E-state index is -0.281. The third-order valence-corrected chi connectivity index (χ3v) is 3.02. The minimum absolute atomic E-state index is 0.281. The van der Waals surface area contributed by atoms with E-state index in [1.54, 1.807) is 0 Å². The molecule has 2 rings (SSSR count). The molecule has 0 unspecified atom stereocenters. The molecular weight excluding hydrogens is 216 g/mol. The second kappa shape index (κ2) is 4.65. The molecule has 1 aromatic rings. The van der Waals surface area contributed by atoms with E-state index < -0.39 is 0 Å². The normalized spacial score (nSPS) is 14.2. The van der Waals surface area contributed by atoms with Gasteiger partial charge in [-0.05, 0) is 26.0 Å². The number of esters is 1. The Morgan fingerprint density at radius 2 is 2.24 bits per heavy atom. The lowest BCUT2D eigenvalue weighted by Gasteiger charge is -2.36. The van der Waals surface area contributed by atoms with Gasteiger partial charge in [0.05, 0.1) is 24.0 Å². The lowest BCUT2D eigenvalue weighted by Crippen LogP contribution is -2.40. The fourth-order valence-corrected chi connectivity index (χ4v) is 2.21. The number of rotatable bonds is 2. The predicted molar refractivity (Wildman–Crippen MR) is 68.8 cm³/mol. The SMILES string of the molecule is COC(=O)c1cccc2c1N(C(C)C)CCN2. The molecule has 0 saturated heterocycles. The molecule has 0 atom stereocenters. The van der Waals surface area contributed by atoms with Crippen molar-refractivity contribution in [3.05, 3.63) is 23.8 Å². The smallest absolute Gasteiger partial charge is 0.340 e. The highest BCUT2D eigenvalue weighted by atomic mass is 16.5. The highest BCUT2D eigenvalue weighted by molar-refractivity contribution is 6.00. The van der Waals surface area contributed by atoms with Gasteiger partial charge in [0.1, 0.15) is 0 Å². The zero-order chi connectivity index (χ0) is 12.4. The number of hydrogen-bond acceptors (Lipinski definition) is 4. The third-order valence-electron chi connectivity index (χ3n) is 3.02. The first-order valence-electron chi connectivity index (χ1n) is 5.87. The second-order valence-electron chi connectivity index (χ2n) is 4.41. The highest BCUT2D eigenvalue weighted by Gasteiger charge is 2.25. The lowest BCUT2D eigenvalue weighted by molar-refractivity contribution is 0.0601. The Labute approximate surface area is 102 Å². The summed E-state index contributed by atoms with van der Waals surface area (Å²) in [6, 6.07) is 6.05. The Morgan fingerprint density at radius 3 is 2.88 bits per heavy atom. The van der Waals surface area contributed by atoms with Crippen LogP contribution in [-0.2, 0) is 4.74 Å². The fourth-order valence-electron chi connectivity index (χ4n) is 2.21. The van der Waals surface area contributed by atoms with Crippen LogP contribution >= 0.6 is 0 Å². The average Bonchev–Trinajstić information content (AvgIpc) is 2.36. The lowest BCUT2D eigenvalue weighted by atomic mass is 10.1. The fraction of sp³-hybridized carbons (Fsp3) is 0.462. The quantitative estimate of drug-likeness (QED) is 0.796. The topological polar surface area (TPSA) is 41.6 Å². The molecule has 0 aromatic heterocycles. The maximum Gasteiger partial charge on any atom is 0.340 e. The van der Waals surface area contributed by atoms with Crippen LogP contribution in [0.25, 0.3) is 0 Å². The number of nitrogens with one attached hydrogen (secondary N) is 1. The van der Waals surface area contributed by atoms with Gasteiger partial charge in [0.15, 0.2) is 0 Å². The molecule has 0 amide bonds. The van der Waals surface area contributed by atoms with Crippen molar-refractivity contribution >= 4 is 17.3 Å². The van der Waals surface area contributed by atoms with Gasteiger partial charge in [0.2, 0.25) is 0 Å². The molecule has 1 N–H and O–H groups in total. The van der Waals surface area contributed by atoms with Gasteiger partial charge in [0, 0.05) is 19.1 Å². The molecule has 0 saturated carbocycles. The van der Waals surface area contributed by atoms with Crippen molar-refractivity contribution in [2.45, 2.75) is 19.9 Å². The van der Waals surface area contributed by atoms with E-state index in [4.69, 9.17) is 4.74 Å². The standard InChI is InChI=1S/C13H18N2O2/c1-9(2)15-8-7-14-11-6-4-5-10(12(11)15)13(16)17-3/h4-6,9,14H,7-8H2,1-3H3. The molecule has 4 nitrogen and oxygen atoms in total. The Bertz CT molecular complexity index is 429. The van der Waals surface area contributed by atoms with E-state index in [0.29, 0.717) is 11.6 Å². The largest absolute Gasteiger partial charge is 0.465 e. The van der Waals surface area contributed by atoms with Crippen molar-refractivity contribution in [1.29, 1.82) is 0 Å². The summed E-state index contributed by atoms with van der Waals surface area (Å²) in [6.07, 6.45) is 0. The van der Waals surface area contributed by atoms with Crippen molar-refractivity contribution in [3.8, 4) is 0 Å². The van der Waals surface area contributed by atoms with Crippen LogP contribution in [-0.4, -0.2) is 32.2 Å². The van der Waals surface area contributed by atoms with Crippen molar-refractivity contribution < 1.29 is 9.53 Å². The maximum atomic E-state index is 11.8. The molecule has 0 bridgehead atoms. The Hall–Kier alpha value is -1.71. The number of nitrogens with zero attached hydrogens (tertiary/aromatic N) is 1. The second-order valence-corrected chi connectivity index (χ2v) is 4.41. The Morgan fingerprint density at radius 1 is 1.47 bits per heavy atom. The molecule has 1 heterocycles. The summed E-state index contributed by atoms with van der Waals surface area (Å²) in [5, 5.41) is 3.32. The molecule has 4 heteroatoms. The first kappa shape index (κ1) is 11.8. The third kappa shape index (κ3) is 2.07. The molecular formula is C13H18N2O2. The van der Waals surface area contributed by atoms with Gasteiger partial charge >= 0.3 is 5.97 Å². The van der Waals surface area contributed by atoms with Crippen LogP contribution in [0, 0.1) is 0 Å². The number of anilines is 2. The number of para-hydroxylation sites is 1. The van der Waals surface area contributed by atoms with Gasteiger partial charge < -0.3 is 15.0 Å². The number of fused-ring (bicyclic) bond motifs is 1. The maximum absolute atomic E-state index is 11.8. The number of benzene rings is 1. The molecule has 92 valence electrons. The van der Waals surface area contributed by atoms with Gasteiger partial charge in [-0.25, -0.2) is 4.79 Å². The van der Waals surface area contributed by atoms with Gasteiger partial charge in [-0.15, -0.1) is 0 Å². The Balaban J connectivity index is 2.52. The van der Waals surface area contributed by atoms with Gasteiger partial charge in [-0.3, -0.25) is 0 Å². The van der Waals surface area contributed by atoms with Crippen molar-refractivity contribution in [1.82, 2.24) is 0 Å². The van der Waals surface area contributed by atoms with Gasteiger partial charge in [-0.1, -0.05) is 6.07 Å². The first-order valence-corrected chi connectivity index (χ1v) is 5.87. The van der Waals surface area contributed by atoms with E-state index in [-0.39, 0.29) is 5.97 Å². The number of methoxy groups -OCH3 is 1. The molecule has 0 radical (unpaired) electrons. The molecule has 0 fully saturated rings. The van der Waals surface area contributed by atoms with Crippen LogP contribution in [0.2, 0.25) is 0 Å². The summed E-state index contributed by atoms with van der Waals surface area (Å²) in [6.45, 7) is 6.06. The van der Waals surface area contributed by atoms with E-state index in [2.05, 4.69) is 24.1 Å². The van der Waals surface area contributed by atoms with Crippen molar-refractivity contribution in [2.75, 3.05) is 30.4 Å². The van der Waals surface area contributed by atoms with Crippen LogP contribution in [0.3, 0.4) is 0 Å². The van der Waals surface area contributed by atoms with Gasteiger partial charge in [-0.2, -0.15) is 0 Å². The highest BCUT2D eigenvalue weighted by Crippen LogP contribution is 2.34. The Kier molecular flexibility index (Phi) is 3.22. The molecule has 0 spiro atoms. The van der Waals surface area contributed by atoms with Crippen LogP contribution in [0.1, 0.15) is 24.2 Å². The van der Waals surface area contributed by atoms with Crippen LogP contribution < -0.4 is 10.2 Å². The summed E-state index contributed by atoms with van der Waals surface area (Å²) in [5.41, 5.74) is 2.60. The average molecular weight is 234 g/mol. The summed E-state index contributed by atoms with van der Waals surface area (Å²) in [4.78, 5) is 14.0. The molecule has 0 aliphatic carbocycles. The molecule has 1 aliphatic rings. The summed E-state index contributed by atoms with van der Waals surface area (Å²) >= 11 is 0. The zero-order valence-corrected chi connectivity index (χ0v) is 10.5. The molecule has 1 aliphatic heterocycles. The number of carbonyl (C=O) groups is 1. The van der Waals surface area contributed by atoms with Crippen molar-refractivity contribution in [2.24, 2.45) is 0 Å². The molecule has 17 heavy (non-hydrogen) atoms. The van der Waals surface area contributed by atoms with E-state index in [0.717, 1.165) is 24.5 Å². The molecule has 1 aromatic carbocycles. The van der Waals surface area contributed by atoms with Gasteiger partial charge in [0.25, 0.3) is 0 Å². The number of ether oxygens (including phenoxy) is 1. The summed E-state index contributed by atoms with van der Waals surface area (Å²) < 4.78 is 4.84. The monoisotopic (exact) mass is 234 g/mol. The van der Waals surface area contributed by atoms with E-state index >= 15 is 0 Å². The number of hydrogen-bond donors (Lipinski definition) is 1. The first-order chi connectivity index (χ1) is 8.15. The van der Waals surface area contributed by atoms with E-state index in [1.807, 2.05) is 18.2 Å². The van der Waals surface area contributed by atoms with E-state index in [9.17, 15) is 4.79 Å². The number of carbonyl (C=O) groups excluding carboxylic acids is 1. The van der Waals surface area contributed by atoms with Crippen molar-refractivity contribution in [3.63, 3.8) is 0 Å².